The molecule has 0 aliphatic heterocycles. The van der Waals surface area contributed by atoms with Crippen LogP contribution in [0.2, 0.25) is 0 Å². The number of nitrogens with one attached hydrogen (secondary N) is 1. The van der Waals surface area contributed by atoms with Crippen LogP contribution in [0.3, 0.4) is 0 Å². The highest BCUT2D eigenvalue weighted by molar-refractivity contribution is 6.08. The third-order valence-corrected chi connectivity index (χ3v) is 2.87. The number of nitrogen functional groups attached to an aromatic ring is 1. The Kier molecular flexibility index (Phi) is 3.97. The van der Waals surface area contributed by atoms with Gasteiger partial charge in [0.2, 0.25) is 0 Å². The summed E-state index contributed by atoms with van der Waals surface area (Å²) in [5.41, 5.74) is 5.64. The Balaban J connectivity index is 2.27. The number of nitrogens with two attached hydrogens (primary N) is 1. The molecule has 0 saturated carbocycles. The van der Waals surface area contributed by atoms with Gasteiger partial charge in [-0.3, -0.25) is 4.79 Å². The van der Waals surface area contributed by atoms with E-state index >= 15 is 0 Å². The van der Waals surface area contributed by atoms with Crippen LogP contribution in [0, 0.1) is 0 Å². The first-order valence-electron chi connectivity index (χ1n) is 5.90. The van der Waals surface area contributed by atoms with Gasteiger partial charge in [0.25, 0.3) is 5.91 Å². The van der Waals surface area contributed by atoms with E-state index in [2.05, 4.69) is 4.98 Å². The second-order valence-corrected chi connectivity index (χ2v) is 4.35. The predicted octanol–water partition coefficient (Wildman–Crippen LogP) is 2.45. The molecule has 0 atom stereocenters. The Labute approximate surface area is 117 Å². The Morgan fingerprint density at radius 3 is 2.52 bits per heavy atom. The molecule has 1 aromatic heterocycles. The normalized spacial score (nSPS) is 11.9. The van der Waals surface area contributed by atoms with Crippen LogP contribution in [0.15, 0.2) is 30.5 Å². The number of halogens is 4. The first-order valence-corrected chi connectivity index (χ1v) is 5.90. The molecule has 0 bridgehead atoms. The molecular formula is C13H11F4N3O. The first-order chi connectivity index (χ1) is 9.83. The van der Waals surface area contributed by atoms with E-state index in [0.29, 0.717) is 10.8 Å². The number of hydrogen-bond donors (Lipinski definition) is 2. The highest BCUT2D eigenvalue weighted by Gasteiger charge is 2.40. The molecule has 2 aromatic rings. The molecule has 4 nitrogen and oxygen atoms in total. The summed E-state index contributed by atoms with van der Waals surface area (Å²) in [6.07, 6.45) is -2.73. The summed E-state index contributed by atoms with van der Waals surface area (Å²) in [4.78, 5) is 15.7. The van der Waals surface area contributed by atoms with Gasteiger partial charge in [-0.1, -0.05) is 24.3 Å². The van der Waals surface area contributed by atoms with Crippen LogP contribution >= 0.6 is 0 Å². The molecule has 1 heterocycles. The highest BCUT2D eigenvalue weighted by Crippen LogP contribution is 2.24. The van der Waals surface area contributed by atoms with Crippen LogP contribution in [0.25, 0.3) is 10.8 Å². The summed E-state index contributed by atoms with van der Waals surface area (Å²) in [6.45, 7) is -1.46. The lowest BCUT2D eigenvalue weighted by Crippen LogP contribution is -2.41. The Morgan fingerprint density at radius 2 is 1.90 bits per heavy atom. The fraction of sp³-hybridized carbons (Fsp3) is 0.231. The number of benzene rings is 1. The van der Waals surface area contributed by atoms with Crippen molar-refractivity contribution in [2.45, 2.75) is 12.3 Å². The standard InChI is InChI=1S/C13H11F4N3O/c14-12(15)13(16,17)6-20-11(21)9-5-19-10(18)8-4-2-1-3-7(8)9/h1-5,12H,6H2,(H2,18,19)(H,20,21). The zero-order valence-electron chi connectivity index (χ0n) is 10.6. The van der Waals surface area contributed by atoms with Crippen molar-refractivity contribution in [1.29, 1.82) is 0 Å². The number of fused-ring (bicyclic) bond motifs is 1. The van der Waals surface area contributed by atoms with E-state index in [1.807, 2.05) is 0 Å². The lowest BCUT2D eigenvalue weighted by Gasteiger charge is -2.16. The monoisotopic (exact) mass is 301 g/mol. The van der Waals surface area contributed by atoms with Crippen molar-refractivity contribution in [3.05, 3.63) is 36.0 Å². The molecular weight excluding hydrogens is 290 g/mol. The lowest BCUT2D eigenvalue weighted by molar-refractivity contribution is -0.123. The van der Waals surface area contributed by atoms with E-state index in [-0.39, 0.29) is 11.4 Å². The lowest BCUT2D eigenvalue weighted by atomic mass is 10.1. The van der Waals surface area contributed by atoms with Crippen LogP contribution in [0.5, 0.6) is 0 Å². The maximum atomic E-state index is 12.8. The molecule has 0 spiro atoms. The van der Waals surface area contributed by atoms with Gasteiger partial charge >= 0.3 is 12.3 Å². The predicted molar refractivity (Wildman–Crippen MR) is 69.4 cm³/mol. The average molecular weight is 301 g/mol. The number of hydrogen-bond acceptors (Lipinski definition) is 3. The molecule has 0 saturated heterocycles. The SMILES string of the molecule is Nc1ncc(C(=O)NCC(F)(F)C(F)F)c2ccccc12. The molecule has 0 aliphatic rings. The topological polar surface area (TPSA) is 68.0 Å². The first kappa shape index (κ1) is 15.0. The molecule has 112 valence electrons. The van der Waals surface area contributed by atoms with Gasteiger partial charge < -0.3 is 11.1 Å². The number of alkyl halides is 4. The third-order valence-electron chi connectivity index (χ3n) is 2.87. The number of anilines is 1. The molecule has 8 heteroatoms. The number of carbonyl (C=O) groups is 1. The molecule has 1 aromatic carbocycles. The van der Waals surface area contributed by atoms with Crippen molar-refractivity contribution in [2.75, 3.05) is 12.3 Å². The summed E-state index contributed by atoms with van der Waals surface area (Å²) in [5.74, 6) is -5.02. The fourth-order valence-electron chi connectivity index (χ4n) is 1.77. The molecule has 0 aliphatic carbocycles. The summed E-state index contributed by atoms with van der Waals surface area (Å²) in [6, 6.07) is 6.48. The van der Waals surface area contributed by atoms with Gasteiger partial charge in [0.15, 0.2) is 0 Å². The Morgan fingerprint density at radius 1 is 1.29 bits per heavy atom. The van der Waals surface area contributed by atoms with Crippen LogP contribution in [0.4, 0.5) is 23.4 Å². The van der Waals surface area contributed by atoms with Crippen LogP contribution in [-0.4, -0.2) is 29.8 Å². The van der Waals surface area contributed by atoms with Crippen molar-refractivity contribution < 1.29 is 22.4 Å². The van der Waals surface area contributed by atoms with Crippen molar-refractivity contribution in [3.8, 4) is 0 Å². The zero-order chi connectivity index (χ0) is 15.6. The molecule has 2 rings (SSSR count). The molecule has 0 fully saturated rings. The molecule has 21 heavy (non-hydrogen) atoms. The van der Waals surface area contributed by atoms with Gasteiger partial charge in [-0.25, -0.2) is 13.8 Å². The summed E-state index contributed by atoms with van der Waals surface area (Å²) in [7, 11) is 0. The molecule has 0 unspecified atom stereocenters. The van der Waals surface area contributed by atoms with Crippen LogP contribution in [-0.2, 0) is 0 Å². The number of carbonyl (C=O) groups excluding carboxylic acids is 1. The smallest absolute Gasteiger partial charge is 0.324 e. The van der Waals surface area contributed by atoms with E-state index in [1.54, 1.807) is 29.6 Å². The maximum Gasteiger partial charge on any atom is 0.324 e. The minimum Gasteiger partial charge on any atom is -0.383 e. The number of rotatable bonds is 4. The van der Waals surface area contributed by atoms with Crippen molar-refractivity contribution in [3.63, 3.8) is 0 Å². The van der Waals surface area contributed by atoms with Gasteiger partial charge in [-0.2, -0.15) is 8.78 Å². The quantitative estimate of drug-likeness (QED) is 0.852. The Hall–Kier alpha value is -2.38. The second-order valence-electron chi connectivity index (χ2n) is 4.35. The van der Waals surface area contributed by atoms with Gasteiger partial charge in [0, 0.05) is 11.6 Å². The zero-order valence-corrected chi connectivity index (χ0v) is 10.6. The van der Waals surface area contributed by atoms with Crippen molar-refractivity contribution in [1.82, 2.24) is 10.3 Å². The number of amides is 1. The summed E-state index contributed by atoms with van der Waals surface area (Å²) in [5, 5.41) is 2.67. The van der Waals surface area contributed by atoms with Crippen LogP contribution in [0.1, 0.15) is 10.4 Å². The number of nitrogens with zero attached hydrogens (tertiary/aromatic N) is 1. The van der Waals surface area contributed by atoms with E-state index in [0.717, 1.165) is 6.20 Å². The Bertz CT molecular complexity index is 676. The fourth-order valence-corrected chi connectivity index (χ4v) is 1.77. The second kappa shape index (κ2) is 5.55. The summed E-state index contributed by atoms with van der Waals surface area (Å²) >= 11 is 0. The largest absolute Gasteiger partial charge is 0.383 e. The van der Waals surface area contributed by atoms with E-state index in [9.17, 15) is 22.4 Å². The third kappa shape index (κ3) is 3.04. The van der Waals surface area contributed by atoms with Crippen molar-refractivity contribution in [2.24, 2.45) is 0 Å². The molecule has 3 N–H and O–H groups in total. The minimum absolute atomic E-state index is 0.00938. The molecule has 0 radical (unpaired) electrons. The van der Waals surface area contributed by atoms with E-state index in [1.165, 1.54) is 0 Å². The maximum absolute atomic E-state index is 12.8. The average Bonchev–Trinajstić information content (AvgIpc) is 2.45. The van der Waals surface area contributed by atoms with E-state index < -0.39 is 24.8 Å². The number of aromatic nitrogens is 1. The molecule has 1 amide bonds. The summed E-state index contributed by atoms with van der Waals surface area (Å²) < 4.78 is 49.7. The van der Waals surface area contributed by atoms with Gasteiger partial charge in [-0.15, -0.1) is 0 Å². The van der Waals surface area contributed by atoms with Crippen LogP contribution < -0.4 is 11.1 Å². The van der Waals surface area contributed by atoms with Gasteiger partial charge in [0.1, 0.15) is 5.82 Å². The van der Waals surface area contributed by atoms with Crippen molar-refractivity contribution >= 4 is 22.5 Å². The van der Waals surface area contributed by atoms with Gasteiger partial charge in [-0.05, 0) is 5.39 Å². The van der Waals surface area contributed by atoms with Gasteiger partial charge in [0.05, 0.1) is 12.1 Å². The number of pyridine rings is 1. The minimum atomic E-state index is -4.29. The van der Waals surface area contributed by atoms with E-state index in [4.69, 9.17) is 5.73 Å². The highest BCUT2D eigenvalue weighted by atomic mass is 19.3.